The molecule has 0 aliphatic heterocycles. The topological polar surface area (TPSA) is 15.6 Å². The molecule has 126 valence electrons. The molecule has 2 nitrogen and oxygen atoms in total. The summed E-state index contributed by atoms with van der Waals surface area (Å²) in [5, 5.41) is 0.699. The highest BCUT2D eigenvalue weighted by Crippen LogP contribution is 2.33. The molecule has 24 heavy (non-hydrogen) atoms. The molecule has 0 heterocycles. The van der Waals surface area contributed by atoms with Crippen molar-refractivity contribution in [3.05, 3.63) is 59.7 Å². The zero-order chi connectivity index (χ0) is 16.8. The highest BCUT2D eigenvalue weighted by atomic mass is 32.2. The van der Waals surface area contributed by atoms with Crippen molar-refractivity contribution in [2.24, 2.45) is 4.99 Å². The third-order valence-corrected chi connectivity index (χ3v) is 5.75. The average molecular weight is 339 g/mol. The monoisotopic (exact) mass is 338 g/mol. The van der Waals surface area contributed by atoms with Crippen molar-refractivity contribution >= 4 is 29.7 Å². The van der Waals surface area contributed by atoms with Gasteiger partial charge in [0.1, 0.15) is 6.34 Å². The lowest BCUT2D eigenvalue weighted by molar-refractivity contribution is 0.516. The Kier molecular flexibility index (Phi) is 5.97. The first-order valence-electron chi connectivity index (χ1n) is 8.84. The van der Waals surface area contributed by atoms with E-state index < -0.39 is 0 Å². The van der Waals surface area contributed by atoms with Crippen LogP contribution < -0.4 is 4.31 Å². The number of aryl methyl sites for hydroxylation is 2. The Morgan fingerprint density at radius 1 is 0.875 bits per heavy atom. The van der Waals surface area contributed by atoms with Crippen molar-refractivity contribution in [3.8, 4) is 0 Å². The van der Waals surface area contributed by atoms with Crippen molar-refractivity contribution in [2.45, 2.75) is 51.2 Å². The van der Waals surface area contributed by atoms with Crippen molar-refractivity contribution in [1.82, 2.24) is 0 Å². The van der Waals surface area contributed by atoms with Crippen LogP contribution in [-0.2, 0) is 0 Å². The fourth-order valence-electron chi connectivity index (χ4n) is 2.93. The lowest BCUT2D eigenvalue weighted by Gasteiger charge is -2.27. The molecule has 0 amide bonds. The SMILES string of the molecule is Cc1ccc(/N=C/N(SC2CCCCC2)c2ccc(C)cc2)cc1. The van der Waals surface area contributed by atoms with E-state index in [1.165, 1.54) is 48.9 Å². The zero-order valence-electron chi connectivity index (χ0n) is 14.6. The van der Waals surface area contributed by atoms with Crippen molar-refractivity contribution in [2.75, 3.05) is 4.31 Å². The number of benzene rings is 2. The lowest BCUT2D eigenvalue weighted by atomic mass is 10.0. The second-order valence-corrected chi connectivity index (χ2v) is 7.88. The number of aliphatic imine (C=N–C) groups is 1. The predicted octanol–water partition coefficient (Wildman–Crippen LogP) is 6.45. The van der Waals surface area contributed by atoms with Crippen LogP contribution >= 0.6 is 11.9 Å². The molecule has 2 aromatic carbocycles. The first-order valence-corrected chi connectivity index (χ1v) is 9.68. The quantitative estimate of drug-likeness (QED) is 0.353. The Labute approximate surface area is 150 Å². The van der Waals surface area contributed by atoms with Gasteiger partial charge in [-0.25, -0.2) is 4.99 Å². The van der Waals surface area contributed by atoms with Crippen LogP contribution in [0.25, 0.3) is 0 Å². The summed E-state index contributed by atoms with van der Waals surface area (Å²) < 4.78 is 2.25. The minimum Gasteiger partial charge on any atom is -0.274 e. The Morgan fingerprint density at radius 2 is 1.46 bits per heavy atom. The van der Waals surface area contributed by atoms with E-state index in [2.05, 4.69) is 66.7 Å². The predicted molar refractivity (Wildman–Crippen MR) is 107 cm³/mol. The van der Waals surface area contributed by atoms with E-state index in [1.807, 2.05) is 18.3 Å². The van der Waals surface area contributed by atoms with Gasteiger partial charge in [-0.05, 0) is 62.9 Å². The van der Waals surface area contributed by atoms with E-state index in [1.54, 1.807) is 0 Å². The van der Waals surface area contributed by atoms with E-state index >= 15 is 0 Å². The summed E-state index contributed by atoms with van der Waals surface area (Å²) in [6, 6.07) is 17.1. The molecule has 0 radical (unpaired) electrons. The van der Waals surface area contributed by atoms with Gasteiger partial charge < -0.3 is 0 Å². The Bertz CT molecular complexity index is 655. The molecular weight excluding hydrogens is 312 g/mol. The van der Waals surface area contributed by atoms with Crippen molar-refractivity contribution < 1.29 is 0 Å². The molecule has 0 aromatic heterocycles. The average Bonchev–Trinajstić information content (AvgIpc) is 2.62. The van der Waals surface area contributed by atoms with E-state index in [9.17, 15) is 0 Å². The number of anilines is 1. The normalized spacial score (nSPS) is 15.8. The van der Waals surface area contributed by atoms with Gasteiger partial charge in [0.25, 0.3) is 0 Å². The summed E-state index contributed by atoms with van der Waals surface area (Å²) in [6.45, 7) is 4.23. The maximum atomic E-state index is 4.69. The number of hydrogen-bond donors (Lipinski definition) is 0. The van der Waals surface area contributed by atoms with E-state index in [4.69, 9.17) is 4.99 Å². The maximum absolute atomic E-state index is 4.69. The fraction of sp³-hybridized carbons (Fsp3) is 0.381. The largest absolute Gasteiger partial charge is 0.274 e. The summed E-state index contributed by atoms with van der Waals surface area (Å²) in [6.07, 6.45) is 8.70. The molecule has 1 aliphatic rings. The van der Waals surface area contributed by atoms with Gasteiger partial charge >= 0.3 is 0 Å². The van der Waals surface area contributed by atoms with Gasteiger partial charge in [0, 0.05) is 5.25 Å². The van der Waals surface area contributed by atoms with Crippen LogP contribution in [-0.4, -0.2) is 11.6 Å². The first-order chi connectivity index (χ1) is 11.7. The molecule has 0 bridgehead atoms. The third kappa shape index (κ3) is 4.88. The van der Waals surface area contributed by atoms with Crippen LogP contribution in [0.3, 0.4) is 0 Å². The maximum Gasteiger partial charge on any atom is 0.106 e. The Hall–Kier alpha value is -1.74. The lowest BCUT2D eigenvalue weighted by Crippen LogP contribution is -2.19. The number of hydrogen-bond acceptors (Lipinski definition) is 2. The minimum atomic E-state index is 0.699. The third-order valence-electron chi connectivity index (χ3n) is 4.45. The van der Waals surface area contributed by atoms with Crippen LogP contribution in [0.1, 0.15) is 43.2 Å². The van der Waals surface area contributed by atoms with Crippen molar-refractivity contribution in [3.63, 3.8) is 0 Å². The Balaban J connectivity index is 1.77. The van der Waals surface area contributed by atoms with E-state index in [0.29, 0.717) is 5.25 Å². The van der Waals surface area contributed by atoms with Crippen LogP contribution in [0, 0.1) is 13.8 Å². The fourth-order valence-corrected chi connectivity index (χ4v) is 4.14. The van der Waals surface area contributed by atoms with Crippen molar-refractivity contribution in [1.29, 1.82) is 0 Å². The molecular formula is C21H26N2S. The summed E-state index contributed by atoms with van der Waals surface area (Å²) in [5.74, 6) is 0. The van der Waals surface area contributed by atoms with E-state index in [-0.39, 0.29) is 0 Å². The molecule has 3 heteroatoms. The van der Waals surface area contributed by atoms with Gasteiger partial charge in [-0.15, -0.1) is 0 Å². The smallest absolute Gasteiger partial charge is 0.106 e. The molecule has 1 aliphatic carbocycles. The molecule has 0 N–H and O–H groups in total. The first kappa shape index (κ1) is 17.1. The number of rotatable bonds is 5. The van der Waals surface area contributed by atoms with Gasteiger partial charge in [0.15, 0.2) is 0 Å². The van der Waals surface area contributed by atoms with Crippen LogP contribution in [0.2, 0.25) is 0 Å². The van der Waals surface area contributed by atoms with Gasteiger partial charge in [0.2, 0.25) is 0 Å². The van der Waals surface area contributed by atoms with Gasteiger partial charge in [-0.1, -0.05) is 54.7 Å². The highest BCUT2D eigenvalue weighted by molar-refractivity contribution is 8.01. The molecule has 0 unspecified atom stereocenters. The molecule has 3 rings (SSSR count). The summed E-state index contributed by atoms with van der Waals surface area (Å²) >= 11 is 1.93. The van der Waals surface area contributed by atoms with Crippen LogP contribution in [0.4, 0.5) is 11.4 Å². The second-order valence-electron chi connectivity index (χ2n) is 6.61. The Morgan fingerprint density at radius 3 is 2.08 bits per heavy atom. The molecule has 0 atom stereocenters. The van der Waals surface area contributed by atoms with Gasteiger partial charge in [-0.3, -0.25) is 4.31 Å². The van der Waals surface area contributed by atoms with Crippen LogP contribution in [0.5, 0.6) is 0 Å². The molecule has 1 saturated carbocycles. The molecule has 2 aromatic rings. The molecule has 0 saturated heterocycles. The standard InChI is InChI=1S/C21H26N2S/c1-17-8-12-19(13-9-17)22-16-23(20-14-10-18(2)11-15-20)24-21-6-4-3-5-7-21/h8-16,21H,3-7H2,1-2H3/b22-16+. The highest BCUT2D eigenvalue weighted by Gasteiger charge is 2.18. The molecule has 0 spiro atoms. The second kappa shape index (κ2) is 8.39. The minimum absolute atomic E-state index is 0.699. The summed E-state index contributed by atoms with van der Waals surface area (Å²) in [7, 11) is 0. The van der Waals surface area contributed by atoms with Crippen LogP contribution in [0.15, 0.2) is 53.5 Å². The van der Waals surface area contributed by atoms with Gasteiger partial charge in [-0.2, -0.15) is 0 Å². The van der Waals surface area contributed by atoms with Gasteiger partial charge in [0.05, 0.1) is 11.4 Å². The summed E-state index contributed by atoms with van der Waals surface area (Å²) in [4.78, 5) is 4.69. The number of nitrogens with zero attached hydrogens (tertiary/aromatic N) is 2. The summed E-state index contributed by atoms with van der Waals surface area (Å²) in [5.41, 5.74) is 4.76. The molecule has 1 fully saturated rings. The van der Waals surface area contributed by atoms with E-state index in [0.717, 1.165) is 5.69 Å². The zero-order valence-corrected chi connectivity index (χ0v) is 15.4.